The lowest BCUT2D eigenvalue weighted by molar-refractivity contribution is 0.0726. The lowest BCUT2D eigenvalue weighted by Crippen LogP contribution is -2.30. The minimum atomic E-state index is -0.138. The quantitative estimate of drug-likeness (QED) is 0.327. The SMILES string of the molecule is CCOc1ccccc1C(=O)N(Cc1ccc(C)cc1)Cc1cc2cc3c(cc2n2nnnc12)OCO3. The van der Waals surface area contributed by atoms with Gasteiger partial charge >= 0.3 is 0 Å². The van der Waals surface area contributed by atoms with Gasteiger partial charge in [-0.3, -0.25) is 4.79 Å². The Kier molecular flexibility index (Phi) is 5.80. The lowest BCUT2D eigenvalue weighted by Gasteiger charge is -2.24. The average Bonchev–Trinajstić information content (AvgIpc) is 3.58. The van der Waals surface area contributed by atoms with Gasteiger partial charge in [0.1, 0.15) is 5.75 Å². The third kappa shape index (κ3) is 4.29. The van der Waals surface area contributed by atoms with E-state index in [1.165, 1.54) is 0 Å². The first-order chi connectivity index (χ1) is 18.1. The lowest BCUT2D eigenvalue weighted by atomic mass is 10.1. The van der Waals surface area contributed by atoms with Crippen molar-refractivity contribution in [3.8, 4) is 17.2 Å². The predicted molar refractivity (Wildman–Crippen MR) is 137 cm³/mol. The highest BCUT2D eigenvalue weighted by Gasteiger charge is 2.24. The Balaban J connectivity index is 1.44. The highest BCUT2D eigenvalue weighted by Crippen LogP contribution is 2.37. The summed E-state index contributed by atoms with van der Waals surface area (Å²) in [5.74, 6) is 1.75. The number of carbonyl (C=O) groups is 1. The number of para-hydroxylation sites is 1. The summed E-state index contributed by atoms with van der Waals surface area (Å²) in [6.45, 7) is 5.29. The number of carbonyl (C=O) groups excluding carboxylic acids is 1. The van der Waals surface area contributed by atoms with Crippen molar-refractivity contribution in [2.75, 3.05) is 13.4 Å². The van der Waals surface area contributed by atoms with Crippen LogP contribution in [0.1, 0.15) is 34.0 Å². The largest absolute Gasteiger partial charge is 0.493 e. The molecule has 0 radical (unpaired) electrons. The van der Waals surface area contributed by atoms with E-state index in [1.807, 2.05) is 74.5 Å². The molecule has 5 aromatic rings. The normalized spacial score (nSPS) is 12.3. The minimum absolute atomic E-state index is 0.138. The maximum Gasteiger partial charge on any atom is 0.258 e. The van der Waals surface area contributed by atoms with Crippen molar-refractivity contribution < 1.29 is 19.0 Å². The number of fused-ring (bicyclic) bond motifs is 4. The smallest absolute Gasteiger partial charge is 0.258 e. The Hall–Kier alpha value is -4.66. The van der Waals surface area contributed by atoms with Crippen LogP contribution < -0.4 is 14.2 Å². The topological polar surface area (TPSA) is 91.1 Å². The molecule has 9 nitrogen and oxygen atoms in total. The Morgan fingerprint density at radius 3 is 2.62 bits per heavy atom. The highest BCUT2D eigenvalue weighted by molar-refractivity contribution is 5.97. The zero-order chi connectivity index (χ0) is 25.4. The molecule has 37 heavy (non-hydrogen) atoms. The molecular weight excluding hydrogens is 470 g/mol. The van der Waals surface area contributed by atoms with Crippen molar-refractivity contribution in [3.05, 3.63) is 89.0 Å². The molecule has 1 amide bonds. The number of hydrogen-bond acceptors (Lipinski definition) is 7. The van der Waals surface area contributed by atoms with E-state index in [4.69, 9.17) is 14.2 Å². The summed E-state index contributed by atoms with van der Waals surface area (Å²) in [5.41, 5.74) is 4.87. The number of rotatable bonds is 7. The molecule has 1 aliphatic rings. The van der Waals surface area contributed by atoms with E-state index in [1.54, 1.807) is 15.5 Å². The van der Waals surface area contributed by atoms with E-state index in [2.05, 4.69) is 15.5 Å². The van der Waals surface area contributed by atoms with Gasteiger partial charge in [0, 0.05) is 23.6 Å². The minimum Gasteiger partial charge on any atom is -0.493 e. The molecule has 186 valence electrons. The van der Waals surface area contributed by atoms with Crippen molar-refractivity contribution in [3.63, 3.8) is 0 Å². The van der Waals surface area contributed by atoms with Crippen LogP contribution in [0, 0.1) is 6.92 Å². The fourth-order valence-corrected chi connectivity index (χ4v) is 4.58. The van der Waals surface area contributed by atoms with Gasteiger partial charge in [-0.25, -0.2) is 0 Å². The van der Waals surface area contributed by atoms with Crippen molar-refractivity contribution in [1.82, 2.24) is 24.9 Å². The second-order valence-corrected chi connectivity index (χ2v) is 8.92. The van der Waals surface area contributed by atoms with E-state index in [9.17, 15) is 4.79 Å². The summed E-state index contributed by atoms with van der Waals surface area (Å²) in [5, 5.41) is 13.3. The van der Waals surface area contributed by atoms with Gasteiger partial charge in [0.25, 0.3) is 5.91 Å². The van der Waals surface area contributed by atoms with Crippen molar-refractivity contribution in [2.24, 2.45) is 0 Å². The van der Waals surface area contributed by atoms with Crippen LogP contribution in [0.5, 0.6) is 17.2 Å². The van der Waals surface area contributed by atoms with Gasteiger partial charge < -0.3 is 19.1 Å². The van der Waals surface area contributed by atoms with Crippen LogP contribution in [0.15, 0.2) is 66.7 Å². The Labute approximate surface area is 213 Å². The molecule has 0 saturated heterocycles. The van der Waals surface area contributed by atoms with Gasteiger partial charge in [0.2, 0.25) is 6.79 Å². The molecule has 0 unspecified atom stereocenters. The second-order valence-electron chi connectivity index (χ2n) is 8.92. The first-order valence-electron chi connectivity index (χ1n) is 12.1. The predicted octanol–water partition coefficient (Wildman–Crippen LogP) is 4.56. The van der Waals surface area contributed by atoms with Gasteiger partial charge in [-0.15, -0.1) is 5.10 Å². The maximum atomic E-state index is 14.0. The number of pyridine rings is 1. The van der Waals surface area contributed by atoms with Gasteiger partial charge in [-0.2, -0.15) is 4.52 Å². The standard InChI is InChI=1S/C28H25N5O4/c1-3-35-24-7-5-4-6-22(24)28(34)32(15-19-10-8-18(2)9-11-19)16-21-12-20-13-25-26(37-17-36-25)14-23(20)33-27(21)29-30-31-33/h4-14H,3,15-17H2,1-2H3. The Morgan fingerprint density at radius 1 is 1.03 bits per heavy atom. The van der Waals surface area contributed by atoms with Gasteiger partial charge in [0.15, 0.2) is 17.1 Å². The third-order valence-electron chi connectivity index (χ3n) is 6.40. The Bertz CT molecular complexity index is 1610. The van der Waals surface area contributed by atoms with E-state index in [-0.39, 0.29) is 12.7 Å². The molecule has 0 spiro atoms. The molecule has 6 rings (SSSR count). The van der Waals surface area contributed by atoms with Crippen molar-refractivity contribution in [1.29, 1.82) is 0 Å². The fraction of sp³-hybridized carbons (Fsp3) is 0.214. The zero-order valence-corrected chi connectivity index (χ0v) is 20.5. The molecule has 9 heteroatoms. The Morgan fingerprint density at radius 2 is 1.81 bits per heavy atom. The summed E-state index contributed by atoms with van der Waals surface area (Å²) in [4.78, 5) is 15.8. The number of benzene rings is 3. The van der Waals surface area contributed by atoms with Crippen molar-refractivity contribution >= 4 is 22.5 Å². The molecule has 0 bridgehead atoms. The number of amides is 1. The first kappa shape index (κ1) is 22.8. The monoisotopic (exact) mass is 495 g/mol. The van der Waals surface area contributed by atoms with E-state index in [0.717, 1.165) is 27.6 Å². The number of nitrogens with zero attached hydrogens (tertiary/aromatic N) is 5. The summed E-state index contributed by atoms with van der Waals surface area (Å²) >= 11 is 0. The van der Waals surface area contributed by atoms with Gasteiger partial charge in [0.05, 0.1) is 24.2 Å². The van der Waals surface area contributed by atoms with Crippen LogP contribution in [-0.4, -0.2) is 44.2 Å². The molecule has 3 heterocycles. The molecular formula is C28H25N5O4. The van der Waals surface area contributed by atoms with Gasteiger partial charge in [-0.1, -0.05) is 42.0 Å². The number of tetrazole rings is 1. The molecule has 3 aromatic carbocycles. The maximum absolute atomic E-state index is 14.0. The van der Waals surface area contributed by atoms with Crippen LogP contribution >= 0.6 is 0 Å². The van der Waals surface area contributed by atoms with Gasteiger partial charge in [-0.05, 0) is 54.1 Å². The molecule has 1 aliphatic heterocycles. The first-order valence-corrected chi connectivity index (χ1v) is 12.1. The second kappa shape index (κ2) is 9.42. The molecule has 2 aromatic heterocycles. The summed E-state index contributed by atoms with van der Waals surface area (Å²) in [6, 6.07) is 21.3. The molecule has 0 N–H and O–H groups in total. The van der Waals surface area contributed by atoms with Crippen LogP contribution in [0.4, 0.5) is 0 Å². The number of aromatic nitrogens is 4. The molecule has 0 aliphatic carbocycles. The summed E-state index contributed by atoms with van der Waals surface area (Å²) < 4.78 is 18.6. The van der Waals surface area contributed by atoms with E-state index >= 15 is 0 Å². The van der Waals surface area contributed by atoms with Crippen LogP contribution in [0.2, 0.25) is 0 Å². The molecule has 0 saturated carbocycles. The number of hydrogen-bond donors (Lipinski definition) is 0. The fourth-order valence-electron chi connectivity index (χ4n) is 4.58. The third-order valence-corrected chi connectivity index (χ3v) is 6.40. The molecule has 0 fully saturated rings. The average molecular weight is 496 g/mol. The van der Waals surface area contributed by atoms with Crippen LogP contribution in [0.3, 0.4) is 0 Å². The number of aryl methyl sites for hydroxylation is 1. The molecule has 0 atom stereocenters. The summed E-state index contributed by atoms with van der Waals surface area (Å²) in [7, 11) is 0. The van der Waals surface area contributed by atoms with Crippen LogP contribution in [0.25, 0.3) is 16.6 Å². The number of ether oxygens (including phenoxy) is 3. The van der Waals surface area contributed by atoms with E-state index in [0.29, 0.717) is 48.2 Å². The van der Waals surface area contributed by atoms with Crippen LogP contribution in [-0.2, 0) is 13.1 Å². The highest BCUT2D eigenvalue weighted by atomic mass is 16.7. The zero-order valence-electron chi connectivity index (χ0n) is 20.5. The van der Waals surface area contributed by atoms with Crippen molar-refractivity contribution in [2.45, 2.75) is 26.9 Å². The van der Waals surface area contributed by atoms with E-state index < -0.39 is 0 Å². The summed E-state index contributed by atoms with van der Waals surface area (Å²) in [6.07, 6.45) is 0.